The molecular weight excluding hydrogens is 198 g/mol. The van der Waals surface area contributed by atoms with Crippen molar-refractivity contribution in [1.29, 1.82) is 0 Å². The van der Waals surface area contributed by atoms with Crippen LogP contribution >= 0.6 is 0 Å². The molecule has 0 aromatic heterocycles. The molecule has 1 aromatic carbocycles. The van der Waals surface area contributed by atoms with Gasteiger partial charge in [0.2, 0.25) is 0 Å². The molecule has 0 radical (unpaired) electrons. The molecule has 0 aliphatic heterocycles. The molecule has 0 bridgehead atoms. The summed E-state index contributed by atoms with van der Waals surface area (Å²) in [7, 11) is 0. The Morgan fingerprint density at radius 2 is 2.13 bits per heavy atom. The molecule has 82 valence electrons. The van der Waals surface area contributed by atoms with Crippen LogP contribution in [0.5, 0.6) is 5.75 Å². The summed E-state index contributed by atoms with van der Waals surface area (Å²) < 4.78 is 4.99. The van der Waals surface area contributed by atoms with E-state index in [9.17, 15) is 9.90 Å². The number of carbonyl (C=O) groups is 1. The number of aliphatic carboxylic acids is 1. The monoisotopic (exact) mass is 211 g/mol. The molecule has 5 heteroatoms. The average molecular weight is 211 g/mol. The smallest absolute Gasteiger partial charge is 0.341 e. The lowest BCUT2D eigenvalue weighted by molar-refractivity contribution is -0.139. The van der Waals surface area contributed by atoms with Gasteiger partial charge < -0.3 is 14.9 Å². The molecule has 0 saturated heterocycles. The second kappa shape index (κ2) is 4.29. The van der Waals surface area contributed by atoms with Crippen molar-refractivity contribution < 1.29 is 19.7 Å². The van der Waals surface area contributed by atoms with Crippen LogP contribution in [-0.2, 0) is 10.5 Å². The van der Waals surface area contributed by atoms with Gasteiger partial charge in [-0.15, -0.1) is 0 Å². The van der Waals surface area contributed by atoms with E-state index in [4.69, 9.17) is 15.6 Å². The van der Waals surface area contributed by atoms with Crippen molar-refractivity contribution >= 4 is 5.97 Å². The molecule has 0 aliphatic rings. The van der Waals surface area contributed by atoms with E-state index >= 15 is 0 Å². The van der Waals surface area contributed by atoms with Crippen molar-refractivity contribution in [3.05, 3.63) is 29.8 Å². The molecule has 15 heavy (non-hydrogen) atoms. The SMILES string of the molecule is CC(N)(O)c1ccccc1OCC(=O)O. The summed E-state index contributed by atoms with van der Waals surface area (Å²) in [6.07, 6.45) is 0. The molecule has 0 aliphatic carbocycles. The van der Waals surface area contributed by atoms with E-state index in [0.29, 0.717) is 5.56 Å². The zero-order valence-corrected chi connectivity index (χ0v) is 8.30. The maximum absolute atomic E-state index is 10.3. The minimum atomic E-state index is -1.55. The van der Waals surface area contributed by atoms with E-state index in [1.165, 1.54) is 6.92 Å². The summed E-state index contributed by atoms with van der Waals surface area (Å²) >= 11 is 0. The summed E-state index contributed by atoms with van der Waals surface area (Å²) in [5.41, 5.74) is 4.30. The third kappa shape index (κ3) is 3.23. The lowest BCUT2D eigenvalue weighted by atomic mass is 10.0. The first-order chi connectivity index (χ1) is 6.91. The van der Waals surface area contributed by atoms with Crippen molar-refractivity contribution in [3.63, 3.8) is 0 Å². The lowest BCUT2D eigenvalue weighted by Gasteiger charge is -2.20. The summed E-state index contributed by atoms with van der Waals surface area (Å²) in [6, 6.07) is 6.49. The Bertz CT molecular complexity index is 357. The van der Waals surface area contributed by atoms with Gasteiger partial charge in [0.15, 0.2) is 6.61 Å². The highest BCUT2D eigenvalue weighted by Gasteiger charge is 2.21. The van der Waals surface area contributed by atoms with Gasteiger partial charge in [-0.2, -0.15) is 0 Å². The van der Waals surface area contributed by atoms with Crippen LogP contribution in [0.25, 0.3) is 0 Å². The van der Waals surface area contributed by atoms with E-state index in [1.807, 2.05) is 0 Å². The number of aliphatic hydroxyl groups is 1. The van der Waals surface area contributed by atoms with Crippen molar-refractivity contribution in [2.45, 2.75) is 12.6 Å². The van der Waals surface area contributed by atoms with Crippen molar-refractivity contribution in [1.82, 2.24) is 0 Å². The maximum Gasteiger partial charge on any atom is 0.341 e. The third-order valence-electron chi connectivity index (χ3n) is 1.78. The molecular formula is C10H13NO4. The molecule has 1 aromatic rings. The highest BCUT2D eigenvalue weighted by atomic mass is 16.5. The number of hydrogen-bond donors (Lipinski definition) is 3. The first kappa shape index (κ1) is 11.5. The van der Waals surface area contributed by atoms with Crippen molar-refractivity contribution in [2.75, 3.05) is 6.61 Å². The molecule has 4 N–H and O–H groups in total. The van der Waals surface area contributed by atoms with Gasteiger partial charge in [0.05, 0.1) is 0 Å². The second-order valence-electron chi connectivity index (χ2n) is 3.33. The number of hydrogen-bond acceptors (Lipinski definition) is 4. The van der Waals surface area contributed by atoms with Crippen molar-refractivity contribution in [2.24, 2.45) is 5.73 Å². The van der Waals surface area contributed by atoms with Crippen LogP contribution in [0.3, 0.4) is 0 Å². The quantitative estimate of drug-likeness (QED) is 0.622. The summed E-state index contributed by atoms with van der Waals surface area (Å²) in [4.78, 5) is 10.3. The molecule has 1 rings (SSSR count). The Morgan fingerprint density at radius 3 is 2.67 bits per heavy atom. The van der Waals surface area contributed by atoms with Crippen LogP contribution < -0.4 is 10.5 Å². The van der Waals surface area contributed by atoms with Gasteiger partial charge in [0.1, 0.15) is 11.5 Å². The molecule has 0 spiro atoms. The predicted molar refractivity (Wildman–Crippen MR) is 53.3 cm³/mol. The predicted octanol–water partition coefficient (Wildman–Crippen LogP) is 0.274. The number of benzene rings is 1. The van der Waals surface area contributed by atoms with Gasteiger partial charge in [-0.05, 0) is 13.0 Å². The first-order valence-electron chi connectivity index (χ1n) is 4.36. The lowest BCUT2D eigenvalue weighted by Crippen LogP contribution is -2.33. The Labute approximate surface area is 87.1 Å². The Balaban J connectivity index is 2.92. The highest BCUT2D eigenvalue weighted by Crippen LogP contribution is 2.25. The molecule has 1 unspecified atom stereocenters. The fourth-order valence-electron chi connectivity index (χ4n) is 1.15. The number of rotatable bonds is 4. The number of carboxylic acids is 1. The van der Waals surface area contributed by atoms with Crippen molar-refractivity contribution in [3.8, 4) is 5.75 Å². The van der Waals surface area contributed by atoms with Gasteiger partial charge in [-0.3, -0.25) is 5.73 Å². The average Bonchev–Trinajstić information content (AvgIpc) is 2.13. The highest BCUT2D eigenvalue weighted by molar-refractivity contribution is 5.68. The summed E-state index contributed by atoms with van der Waals surface area (Å²) in [6.45, 7) is 0.934. The molecule has 5 nitrogen and oxygen atoms in total. The van der Waals surface area contributed by atoms with Gasteiger partial charge in [0, 0.05) is 5.56 Å². The Hall–Kier alpha value is -1.59. The number of para-hydroxylation sites is 1. The van der Waals surface area contributed by atoms with Crippen LogP contribution in [0.4, 0.5) is 0 Å². The number of carboxylic acid groups (broad SMARTS) is 1. The van der Waals surface area contributed by atoms with E-state index in [1.54, 1.807) is 24.3 Å². The molecule has 1 atom stereocenters. The molecule has 0 amide bonds. The first-order valence-corrected chi connectivity index (χ1v) is 4.36. The van der Waals surface area contributed by atoms with Gasteiger partial charge in [-0.25, -0.2) is 4.79 Å². The third-order valence-corrected chi connectivity index (χ3v) is 1.78. The fourth-order valence-corrected chi connectivity index (χ4v) is 1.15. The molecule has 0 saturated carbocycles. The van der Waals surface area contributed by atoms with Crippen LogP contribution in [-0.4, -0.2) is 22.8 Å². The minimum absolute atomic E-state index is 0.271. The number of ether oxygens (including phenoxy) is 1. The zero-order chi connectivity index (χ0) is 11.5. The topological polar surface area (TPSA) is 92.8 Å². The van der Waals surface area contributed by atoms with Gasteiger partial charge in [0.25, 0.3) is 0 Å². The second-order valence-corrected chi connectivity index (χ2v) is 3.33. The van der Waals surface area contributed by atoms with E-state index in [-0.39, 0.29) is 5.75 Å². The van der Waals surface area contributed by atoms with Crippen LogP contribution in [0.2, 0.25) is 0 Å². The molecule has 0 heterocycles. The van der Waals surface area contributed by atoms with E-state index in [0.717, 1.165) is 0 Å². The van der Waals surface area contributed by atoms with E-state index in [2.05, 4.69) is 0 Å². The minimum Gasteiger partial charge on any atom is -0.481 e. The van der Waals surface area contributed by atoms with Crippen LogP contribution in [0.15, 0.2) is 24.3 Å². The van der Waals surface area contributed by atoms with Crippen LogP contribution in [0, 0.1) is 0 Å². The largest absolute Gasteiger partial charge is 0.481 e. The normalized spacial score (nSPS) is 14.3. The number of nitrogens with two attached hydrogens (primary N) is 1. The zero-order valence-electron chi connectivity index (χ0n) is 8.30. The maximum atomic E-state index is 10.3. The Morgan fingerprint density at radius 1 is 1.53 bits per heavy atom. The fraction of sp³-hybridized carbons (Fsp3) is 0.300. The Kier molecular flexibility index (Phi) is 3.28. The summed E-state index contributed by atoms with van der Waals surface area (Å²) in [5, 5.41) is 18.0. The molecule has 0 fully saturated rings. The standard InChI is InChI=1S/C10H13NO4/c1-10(11,14)7-4-2-3-5-8(7)15-6-9(12)13/h2-5,14H,6,11H2,1H3,(H,12,13). The van der Waals surface area contributed by atoms with E-state index < -0.39 is 18.3 Å². The van der Waals surface area contributed by atoms with Gasteiger partial charge >= 0.3 is 5.97 Å². The summed E-state index contributed by atoms with van der Waals surface area (Å²) in [5.74, 6) is -0.811. The van der Waals surface area contributed by atoms with Crippen LogP contribution in [0.1, 0.15) is 12.5 Å². The van der Waals surface area contributed by atoms with Gasteiger partial charge in [-0.1, -0.05) is 18.2 Å².